The summed E-state index contributed by atoms with van der Waals surface area (Å²) in [5, 5.41) is 0. The van der Waals surface area contributed by atoms with Crippen LogP contribution in [0, 0.1) is 0 Å². The Balaban J connectivity index is 2.25. The number of benzene rings is 1. The monoisotopic (exact) mass is 280 g/mol. The van der Waals surface area contributed by atoms with Crippen molar-refractivity contribution < 1.29 is 13.2 Å². The summed E-state index contributed by atoms with van der Waals surface area (Å²) in [5.41, 5.74) is 0. The first kappa shape index (κ1) is 13.0. The zero-order valence-corrected chi connectivity index (χ0v) is 11.4. The van der Waals surface area contributed by atoms with Crippen LogP contribution in [0.25, 0.3) is 0 Å². The second-order valence-electron chi connectivity index (χ2n) is 3.89. The maximum Gasteiger partial charge on any atom is 0.183 e. The van der Waals surface area contributed by atoms with E-state index in [0.29, 0.717) is 14.6 Å². The third-order valence-electron chi connectivity index (χ3n) is 2.44. The van der Waals surface area contributed by atoms with E-state index in [1.54, 1.807) is 42.5 Å². The number of sulfone groups is 1. The van der Waals surface area contributed by atoms with Gasteiger partial charge in [-0.25, -0.2) is 8.42 Å². The molecule has 3 nitrogen and oxygen atoms in total. The highest BCUT2D eigenvalue weighted by molar-refractivity contribution is 7.90. The van der Waals surface area contributed by atoms with E-state index < -0.39 is 9.84 Å². The molecule has 0 radical (unpaired) electrons. The van der Waals surface area contributed by atoms with E-state index in [1.807, 2.05) is 0 Å². The van der Waals surface area contributed by atoms with Crippen LogP contribution in [-0.2, 0) is 15.6 Å². The van der Waals surface area contributed by atoms with Crippen LogP contribution in [0.3, 0.4) is 0 Å². The summed E-state index contributed by atoms with van der Waals surface area (Å²) in [6.45, 7) is 1.47. The van der Waals surface area contributed by atoms with Crippen LogP contribution < -0.4 is 0 Å². The molecule has 0 aliphatic carbocycles. The molecule has 0 spiro atoms. The molecule has 1 aromatic heterocycles. The van der Waals surface area contributed by atoms with Crippen LogP contribution in [-0.4, -0.2) is 14.2 Å². The topological polar surface area (TPSA) is 51.2 Å². The van der Waals surface area contributed by atoms with Gasteiger partial charge in [-0.05, 0) is 31.2 Å². The summed E-state index contributed by atoms with van der Waals surface area (Å²) < 4.78 is 24.2. The van der Waals surface area contributed by atoms with Crippen LogP contribution in [0.2, 0.25) is 0 Å². The molecule has 0 amide bonds. The Kier molecular flexibility index (Phi) is 3.63. The van der Waals surface area contributed by atoms with Gasteiger partial charge in [-0.15, -0.1) is 11.3 Å². The van der Waals surface area contributed by atoms with E-state index in [0.717, 1.165) is 0 Å². The van der Waals surface area contributed by atoms with Gasteiger partial charge in [0.25, 0.3) is 0 Å². The van der Waals surface area contributed by atoms with Gasteiger partial charge in [0.05, 0.1) is 15.5 Å². The predicted octanol–water partition coefficient (Wildman–Crippen LogP) is 2.92. The number of carbonyl (C=O) groups excluding carboxylic acids is 1. The number of rotatable bonds is 4. The molecule has 0 aliphatic heterocycles. The van der Waals surface area contributed by atoms with Crippen molar-refractivity contribution in [2.75, 3.05) is 0 Å². The maximum atomic E-state index is 12.1. The highest BCUT2D eigenvalue weighted by Crippen LogP contribution is 2.22. The Hall–Kier alpha value is -1.46. The fourth-order valence-corrected chi connectivity index (χ4v) is 4.15. The van der Waals surface area contributed by atoms with Gasteiger partial charge >= 0.3 is 0 Å². The molecule has 0 N–H and O–H groups in total. The number of Topliss-reactive ketones (excluding diaryl/α,β-unsaturated/α-hetero) is 1. The lowest BCUT2D eigenvalue weighted by Gasteiger charge is -2.01. The number of hydrogen-bond acceptors (Lipinski definition) is 4. The van der Waals surface area contributed by atoms with Crippen LogP contribution in [0.5, 0.6) is 0 Å². The van der Waals surface area contributed by atoms with Crippen molar-refractivity contribution in [3.8, 4) is 0 Å². The van der Waals surface area contributed by atoms with Gasteiger partial charge in [-0.2, -0.15) is 0 Å². The fourth-order valence-electron chi connectivity index (χ4n) is 1.54. The Labute approximate surface area is 110 Å². The Bertz CT molecular complexity index is 655. The molecule has 94 valence electrons. The fraction of sp³-hybridized carbons (Fsp3) is 0.154. The van der Waals surface area contributed by atoms with Crippen molar-refractivity contribution in [3.05, 3.63) is 52.2 Å². The number of carbonyl (C=O) groups is 1. The summed E-state index contributed by atoms with van der Waals surface area (Å²) in [4.78, 5) is 12.7. The van der Waals surface area contributed by atoms with Crippen molar-refractivity contribution in [2.24, 2.45) is 0 Å². The first-order chi connectivity index (χ1) is 8.49. The molecule has 0 saturated carbocycles. The van der Waals surface area contributed by atoms with Gasteiger partial charge in [0.2, 0.25) is 0 Å². The van der Waals surface area contributed by atoms with E-state index >= 15 is 0 Å². The molecule has 0 fully saturated rings. The van der Waals surface area contributed by atoms with E-state index in [2.05, 4.69) is 0 Å². The van der Waals surface area contributed by atoms with Gasteiger partial charge in [0.15, 0.2) is 15.6 Å². The molecule has 0 bridgehead atoms. The standard InChI is InChI=1S/C13H12O3S2/c1-10(14)13-8-7-11(17-13)9-18(15,16)12-5-3-2-4-6-12/h2-8H,9H2,1H3. The number of hydrogen-bond donors (Lipinski definition) is 0. The molecule has 18 heavy (non-hydrogen) atoms. The zero-order valence-electron chi connectivity index (χ0n) is 9.79. The third-order valence-corrected chi connectivity index (χ3v) is 5.49. The molecule has 5 heteroatoms. The van der Waals surface area contributed by atoms with Crippen LogP contribution in [0.4, 0.5) is 0 Å². The molecule has 2 rings (SSSR count). The first-order valence-electron chi connectivity index (χ1n) is 5.36. The predicted molar refractivity (Wildman–Crippen MR) is 71.7 cm³/mol. The minimum Gasteiger partial charge on any atom is -0.294 e. The third kappa shape index (κ3) is 2.86. The molecular formula is C13H12O3S2. The largest absolute Gasteiger partial charge is 0.294 e. The molecule has 0 saturated heterocycles. The lowest BCUT2D eigenvalue weighted by molar-refractivity contribution is 0.102. The van der Waals surface area contributed by atoms with Gasteiger partial charge in [0.1, 0.15) is 0 Å². The average Bonchev–Trinajstić information content (AvgIpc) is 2.78. The molecule has 0 aliphatic rings. The van der Waals surface area contributed by atoms with E-state index in [4.69, 9.17) is 0 Å². The second-order valence-corrected chi connectivity index (χ2v) is 7.05. The number of ketones is 1. The van der Waals surface area contributed by atoms with Crippen LogP contribution >= 0.6 is 11.3 Å². The summed E-state index contributed by atoms with van der Waals surface area (Å²) in [7, 11) is -3.33. The minimum atomic E-state index is -3.33. The van der Waals surface area contributed by atoms with Gasteiger partial charge in [-0.3, -0.25) is 4.79 Å². The van der Waals surface area contributed by atoms with Crippen molar-refractivity contribution in [1.82, 2.24) is 0 Å². The Morgan fingerprint density at radius 1 is 1.11 bits per heavy atom. The van der Waals surface area contributed by atoms with Crippen molar-refractivity contribution in [3.63, 3.8) is 0 Å². The van der Waals surface area contributed by atoms with Gasteiger partial charge in [0, 0.05) is 4.88 Å². The van der Waals surface area contributed by atoms with E-state index in [-0.39, 0.29) is 11.5 Å². The Morgan fingerprint density at radius 2 is 1.78 bits per heavy atom. The highest BCUT2D eigenvalue weighted by atomic mass is 32.2. The normalized spacial score (nSPS) is 11.4. The molecule has 1 heterocycles. The van der Waals surface area contributed by atoms with Gasteiger partial charge < -0.3 is 0 Å². The Morgan fingerprint density at radius 3 is 2.33 bits per heavy atom. The van der Waals surface area contributed by atoms with Crippen LogP contribution in [0.1, 0.15) is 21.5 Å². The average molecular weight is 280 g/mol. The molecule has 0 atom stereocenters. The lowest BCUT2D eigenvalue weighted by Crippen LogP contribution is -2.03. The summed E-state index contributed by atoms with van der Waals surface area (Å²) >= 11 is 1.23. The van der Waals surface area contributed by atoms with Crippen LogP contribution in [0.15, 0.2) is 47.4 Å². The lowest BCUT2D eigenvalue weighted by atomic mass is 10.3. The molecular weight excluding hydrogens is 268 g/mol. The highest BCUT2D eigenvalue weighted by Gasteiger charge is 2.16. The van der Waals surface area contributed by atoms with E-state index in [1.165, 1.54) is 18.3 Å². The smallest absolute Gasteiger partial charge is 0.183 e. The summed E-state index contributed by atoms with van der Waals surface area (Å²) in [5.74, 6) is -0.0991. The number of thiophene rings is 1. The zero-order chi connectivity index (χ0) is 13.2. The summed E-state index contributed by atoms with van der Waals surface area (Å²) in [6.07, 6.45) is 0. The minimum absolute atomic E-state index is 0.0386. The van der Waals surface area contributed by atoms with E-state index in [9.17, 15) is 13.2 Å². The van der Waals surface area contributed by atoms with Gasteiger partial charge in [-0.1, -0.05) is 18.2 Å². The molecule has 1 aromatic carbocycles. The maximum absolute atomic E-state index is 12.1. The quantitative estimate of drug-likeness (QED) is 0.809. The first-order valence-corrected chi connectivity index (χ1v) is 7.83. The van der Waals surface area contributed by atoms with Crippen molar-refractivity contribution in [2.45, 2.75) is 17.6 Å². The second kappa shape index (κ2) is 5.04. The van der Waals surface area contributed by atoms with Crippen molar-refractivity contribution in [1.29, 1.82) is 0 Å². The molecule has 0 unspecified atom stereocenters. The van der Waals surface area contributed by atoms with Crippen molar-refractivity contribution >= 4 is 27.0 Å². The SMILES string of the molecule is CC(=O)c1ccc(CS(=O)(=O)c2ccccc2)s1. The summed E-state index contributed by atoms with van der Waals surface area (Å²) in [6, 6.07) is 11.7. The molecule has 2 aromatic rings.